The third kappa shape index (κ3) is 4.32. The maximum absolute atomic E-state index is 12.2. The number of nitrogens with zero attached hydrogens (tertiary/aromatic N) is 2. The standard InChI is InChI=1S/C22H21ClN4O4/c23-18-10-25-21(24)19(27-18)20(29)17(28)9-26-22(30)31-11-16-14-7-3-1-5-12(14)13-6-2-4-8-15(13)16/h1-8,10,16-17,20,28-29H,9,11H2,(H2,24,25)(H,26,30). The smallest absolute Gasteiger partial charge is 0.407 e. The van der Waals surface area contributed by atoms with Gasteiger partial charge in [0.15, 0.2) is 0 Å². The quantitative estimate of drug-likeness (QED) is 0.463. The van der Waals surface area contributed by atoms with Gasteiger partial charge in [-0.1, -0.05) is 60.1 Å². The number of anilines is 1. The van der Waals surface area contributed by atoms with E-state index in [1.54, 1.807) is 0 Å². The van der Waals surface area contributed by atoms with Crippen molar-refractivity contribution in [1.29, 1.82) is 0 Å². The number of aliphatic hydroxyl groups is 2. The van der Waals surface area contributed by atoms with Crippen molar-refractivity contribution in [2.45, 2.75) is 18.1 Å². The summed E-state index contributed by atoms with van der Waals surface area (Å²) in [6.45, 7) is -0.128. The number of ether oxygens (including phenoxy) is 1. The highest BCUT2D eigenvalue weighted by atomic mass is 35.5. The van der Waals surface area contributed by atoms with Crippen molar-refractivity contribution >= 4 is 23.5 Å². The summed E-state index contributed by atoms with van der Waals surface area (Å²) in [5.74, 6) is -0.132. The lowest BCUT2D eigenvalue weighted by Gasteiger charge is -2.19. The number of rotatable bonds is 6. The van der Waals surface area contributed by atoms with Crippen LogP contribution in [0.4, 0.5) is 10.6 Å². The van der Waals surface area contributed by atoms with E-state index in [0.29, 0.717) is 0 Å². The topological polar surface area (TPSA) is 131 Å². The molecule has 1 heterocycles. The molecule has 2 atom stereocenters. The number of carbonyl (C=O) groups is 1. The molecule has 9 heteroatoms. The number of nitrogens with two attached hydrogens (primary N) is 1. The van der Waals surface area contributed by atoms with Crippen molar-refractivity contribution < 1.29 is 19.7 Å². The molecule has 8 nitrogen and oxygen atoms in total. The second kappa shape index (κ2) is 8.89. The summed E-state index contributed by atoms with van der Waals surface area (Å²) in [4.78, 5) is 19.9. The Bertz CT molecular complexity index is 1060. The molecule has 0 saturated carbocycles. The van der Waals surface area contributed by atoms with Crippen LogP contribution in [-0.4, -0.2) is 45.5 Å². The van der Waals surface area contributed by atoms with Crippen LogP contribution in [0.15, 0.2) is 54.7 Å². The summed E-state index contributed by atoms with van der Waals surface area (Å²) in [6, 6.07) is 16.0. The number of benzene rings is 2. The van der Waals surface area contributed by atoms with E-state index in [1.165, 1.54) is 6.20 Å². The second-order valence-corrected chi connectivity index (χ2v) is 7.57. The molecule has 2 unspecified atom stereocenters. The highest BCUT2D eigenvalue weighted by molar-refractivity contribution is 6.29. The number of nitrogens with one attached hydrogen (secondary N) is 1. The van der Waals surface area contributed by atoms with Gasteiger partial charge in [0, 0.05) is 12.5 Å². The molecule has 0 saturated heterocycles. The van der Waals surface area contributed by atoms with Gasteiger partial charge in [-0.05, 0) is 22.3 Å². The van der Waals surface area contributed by atoms with E-state index in [1.807, 2.05) is 36.4 Å². The van der Waals surface area contributed by atoms with Crippen LogP contribution in [0.2, 0.25) is 5.15 Å². The van der Waals surface area contributed by atoms with Gasteiger partial charge in [0.25, 0.3) is 0 Å². The van der Waals surface area contributed by atoms with Gasteiger partial charge in [-0.15, -0.1) is 0 Å². The Morgan fingerprint density at radius 3 is 2.39 bits per heavy atom. The number of hydrogen-bond donors (Lipinski definition) is 4. The van der Waals surface area contributed by atoms with Crippen molar-refractivity contribution in [3.63, 3.8) is 0 Å². The van der Waals surface area contributed by atoms with Crippen LogP contribution in [-0.2, 0) is 4.74 Å². The molecule has 5 N–H and O–H groups in total. The average molecular weight is 441 g/mol. The molecule has 0 fully saturated rings. The zero-order valence-corrected chi connectivity index (χ0v) is 17.2. The van der Waals surface area contributed by atoms with E-state index in [9.17, 15) is 15.0 Å². The number of fused-ring (bicyclic) bond motifs is 3. The third-order valence-corrected chi connectivity index (χ3v) is 5.43. The fraction of sp³-hybridized carbons (Fsp3) is 0.227. The predicted molar refractivity (Wildman–Crippen MR) is 115 cm³/mol. The predicted octanol–water partition coefficient (Wildman–Crippen LogP) is 2.65. The van der Waals surface area contributed by atoms with Crippen LogP contribution in [0.1, 0.15) is 28.8 Å². The van der Waals surface area contributed by atoms with Crippen molar-refractivity contribution in [2.24, 2.45) is 0 Å². The molecule has 1 aliphatic rings. The highest BCUT2D eigenvalue weighted by Crippen LogP contribution is 2.44. The van der Waals surface area contributed by atoms with Crippen LogP contribution < -0.4 is 11.1 Å². The number of halogens is 1. The van der Waals surface area contributed by atoms with E-state index in [2.05, 4.69) is 27.4 Å². The maximum atomic E-state index is 12.2. The Balaban J connectivity index is 1.35. The fourth-order valence-corrected chi connectivity index (χ4v) is 3.88. The minimum Gasteiger partial charge on any atom is -0.449 e. The zero-order chi connectivity index (χ0) is 22.0. The number of hydrogen-bond acceptors (Lipinski definition) is 7. The molecule has 1 amide bonds. The Hall–Kier alpha value is -3.20. The number of amides is 1. The molecule has 4 rings (SSSR count). The Labute approximate surface area is 183 Å². The number of nitrogen functional groups attached to an aromatic ring is 1. The third-order valence-electron chi connectivity index (χ3n) is 5.24. The molecule has 3 aromatic rings. The van der Waals surface area contributed by atoms with Crippen LogP contribution in [0.3, 0.4) is 0 Å². The molecule has 2 aromatic carbocycles. The van der Waals surface area contributed by atoms with E-state index >= 15 is 0 Å². The molecule has 160 valence electrons. The van der Waals surface area contributed by atoms with Gasteiger partial charge in [-0.2, -0.15) is 0 Å². The molecule has 0 radical (unpaired) electrons. The van der Waals surface area contributed by atoms with Gasteiger partial charge < -0.3 is 26.0 Å². The molecule has 0 bridgehead atoms. The summed E-state index contributed by atoms with van der Waals surface area (Å²) in [7, 11) is 0. The summed E-state index contributed by atoms with van der Waals surface area (Å²) in [5.41, 5.74) is 10.1. The minimum absolute atomic E-state index is 0.0277. The van der Waals surface area contributed by atoms with Crippen molar-refractivity contribution in [1.82, 2.24) is 15.3 Å². The van der Waals surface area contributed by atoms with Crippen LogP contribution in [0.25, 0.3) is 11.1 Å². The number of aromatic nitrogens is 2. The minimum atomic E-state index is -1.47. The van der Waals surface area contributed by atoms with Gasteiger partial charge in [0.1, 0.15) is 35.5 Å². The van der Waals surface area contributed by atoms with Gasteiger partial charge in [-0.25, -0.2) is 14.8 Å². The number of carbonyl (C=O) groups excluding carboxylic acids is 1. The maximum Gasteiger partial charge on any atom is 0.407 e. The molecular weight excluding hydrogens is 420 g/mol. The lowest BCUT2D eigenvalue weighted by molar-refractivity contribution is 0.0163. The van der Waals surface area contributed by atoms with Crippen LogP contribution >= 0.6 is 11.6 Å². The number of alkyl carbamates (subject to hydrolysis) is 1. The summed E-state index contributed by atoms with van der Waals surface area (Å²) in [5, 5.41) is 22.9. The molecule has 1 aliphatic carbocycles. The van der Waals surface area contributed by atoms with Gasteiger partial charge in [-0.3, -0.25) is 0 Å². The molecule has 31 heavy (non-hydrogen) atoms. The largest absolute Gasteiger partial charge is 0.449 e. The Kier molecular flexibility index (Phi) is 6.03. The molecular formula is C22H21ClN4O4. The summed E-state index contributed by atoms with van der Waals surface area (Å²) < 4.78 is 5.40. The summed E-state index contributed by atoms with van der Waals surface area (Å²) >= 11 is 5.76. The highest BCUT2D eigenvalue weighted by Gasteiger charge is 2.29. The average Bonchev–Trinajstić information content (AvgIpc) is 3.11. The first-order chi connectivity index (χ1) is 15.0. The van der Waals surface area contributed by atoms with E-state index < -0.39 is 18.3 Å². The fourth-order valence-electron chi connectivity index (χ4n) is 3.74. The van der Waals surface area contributed by atoms with Crippen LogP contribution in [0, 0.1) is 0 Å². The summed E-state index contributed by atoms with van der Waals surface area (Å²) in [6.07, 6.45) is -2.33. The molecule has 1 aromatic heterocycles. The van der Waals surface area contributed by atoms with Gasteiger partial charge in [0.05, 0.1) is 6.20 Å². The second-order valence-electron chi connectivity index (χ2n) is 7.18. The van der Waals surface area contributed by atoms with Crippen LogP contribution in [0.5, 0.6) is 0 Å². The van der Waals surface area contributed by atoms with Crippen molar-refractivity contribution in [2.75, 3.05) is 18.9 Å². The first-order valence-electron chi connectivity index (χ1n) is 9.68. The molecule has 0 aliphatic heterocycles. The lowest BCUT2D eigenvalue weighted by atomic mass is 9.98. The molecule has 0 spiro atoms. The first-order valence-corrected chi connectivity index (χ1v) is 10.1. The normalized spacial score (nSPS) is 14.4. The SMILES string of the molecule is Nc1ncc(Cl)nc1C(O)C(O)CNC(=O)OCC1c2ccccc2-c2ccccc21. The van der Waals surface area contributed by atoms with Gasteiger partial charge >= 0.3 is 6.09 Å². The van der Waals surface area contributed by atoms with Crippen molar-refractivity contribution in [3.8, 4) is 11.1 Å². The van der Waals surface area contributed by atoms with E-state index in [0.717, 1.165) is 22.3 Å². The lowest BCUT2D eigenvalue weighted by Crippen LogP contribution is -2.36. The van der Waals surface area contributed by atoms with Crippen molar-refractivity contribution in [3.05, 3.63) is 76.7 Å². The monoisotopic (exact) mass is 440 g/mol. The van der Waals surface area contributed by atoms with Gasteiger partial charge in [0.2, 0.25) is 0 Å². The number of aliphatic hydroxyl groups excluding tert-OH is 2. The van der Waals surface area contributed by atoms with E-state index in [4.69, 9.17) is 22.1 Å². The Morgan fingerprint density at radius 1 is 1.13 bits per heavy atom. The van der Waals surface area contributed by atoms with E-state index in [-0.39, 0.29) is 35.7 Å². The zero-order valence-electron chi connectivity index (χ0n) is 16.4. The first kappa shape index (κ1) is 21.0. The Morgan fingerprint density at radius 2 is 1.74 bits per heavy atom.